The molecule has 6 nitrogen and oxygen atoms in total. The van der Waals surface area contributed by atoms with Gasteiger partial charge in [-0.3, -0.25) is 14.7 Å². The molecule has 3 rings (SSSR count). The third-order valence-corrected chi connectivity index (χ3v) is 5.49. The van der Waals surface area contributed by atoms with E-state index < -0.39 is 0 Å². The van der Waals surface area contributed by atoms with Crippen LogP contribution >= 0.6 is 0 Å². The molecule has 1 saturated carbocycles. The van der Waals surface area contributed by atoms with Crippen molar-refractivity contribution in [2.75, 3.05) is 34.2 Å². The fraction of sp³-hybridized carbons (Fsp3) is 0.619. The number of carbonyl (C=O) groups excluding carboxylic acids is 1. The van der Waals surface area contributed by atoms with Crippen LogP contribution < -0.4 is 10.6 Å². The Labute approximate surface area is 163 Å². The number of nitrogens with zero attached hydrogens (tertiary/aromatic N) is 3. The number of nitrogens with one attached hydrogen (secondary N) is 2. The van der Waals surface area contributed by atoms with E-state index in [1.54, 1.807) is 19.0 Å². The number of likely N-dealkylation sites (tertiary alicyclic amines) is 1. The number of hydrogen-bond acceptors (Lipinski definition) is 3. The second-order valence-corrected chi connectivity index (χ2v) is 8.00. The zero-order valence-electron chi connectivity index (χ0n) is 17.0. The van der Waals surface area contributed by atoms with E-state index in [1.165, 1.54) is 19.3 Å². The number of amides is 1. The van der Waals surface area contributed by atoms with Crippen molar-refractivity contribution in [1.82, 2.24) is 20.4 Å². The van der Waals surface area contributed by atoms with Crippen molar-refractivity contribution >= 4 is 11.9 Å². The highest BCUT2D eigenvalue weighted by Crippen LogP contribution is 2.33. The van der Waals surface area contributed by atoms with Gasteiger partial charge in [0, 0.05) is 57.9 Å². The summed E-state index contributed by atoms with van der Waals surface area (Å²) in [4.78, 5) is 20.7. The summed E-state index contributed by atoms with van der Waals surface area (Å²) in [6, 6.07) is 9.80. The van der Waals surface area contributed by atoms with Crippen molar-refractivity contribution in [2.24, 2.45) is 4.99 Å². The van der Waals surface area contributed by atoms with Crippen molar-refractivity contribution in [1.29, 1.82) is 0 Å². The second kappa shape index (κ2) is 8.74. The lowest BCUT2D eigenvalue weighted by Gasteiger charge is -2.20. The molecule has 2 unspecified atom stereocenters. The minimum Gasteiger partial charge on any atom is -0.356 e. The van der Waals surface area contributed by atoms with E-state index in [0.29, 0.717) is 12.1 Å². The van der Waals surface area contributed by atoms with Gasteiger partial charge < -0.3 is 15.5 Å². The molecule has 1 aromatic carbocycles. The molecule has 0 aromatic heterocycles. The Kier molecular flexibility index (Phi) is 6.37. The van der Waals surface area contributed by atoms with Crippen LogP contribution in [0.3, 0.4) is 0 Å². The van der Waals surface area contributed by atoms with Crippen LogP contribution in [0.25, 0.3) is 0 Å². The van der Waals surface area contributed by atoms with Crippen molar-refractivity contribution in [3.05, 3.63) is 35.4 Å². The molecule has 148 valence electrons. The minimum atomic E-state index is 0.0397. The first-order valence-electron chi connectivity index (χ1n) is 10.0. The number of rotatable bonds is 6. The molecule has 27 heavy (non-hydrogen) atoms. The highest BCUT2D eigenvalue weighted by Gasteiger charge is 2.38. The summed E-state index contributed by atoms with van der Waals surface area (Å²) in [5.74, 6) is 0.906. The molecule has 1 aromatic rings. The summed E-state index contributed by atoms with van der Waals surface area (Å²) in [5.41, 5.74) is 1.89. The van der Waals surface area contributed by atoms with E-state index in [4.69, 9.17) is 0 Å². The maximum atomic E-state index is 12.1. The zero-order valence-corrected chi connectivity index (χ0v) is 17.0. The van der Waals surface area contributed by atoms with Gasteiger partial charge in [-0.15, -0.1) is 0 Å². The van der Waals surface area contributed by atoms with E-state index in [0.717, 1.165) is 42.6 Å². The average molecular weight is 372 g/mol. The molecule has 1 aliphatic carbocycles. The number of carbonyl (C=O) groups is 1. The van der Waals surface area contributed by atoms with E-state index in [9.17, 15) is 4.79 Å². The van der Waals surface area contributed by atoms with E-state index in [-0.39, 0.29) is 5.91 Å². The molecule has 0 radical (unpaired) electrons. The summed E-state index contributed by atoms with van der Waals surface area (Å²) >= 11 is 0. The van der Waals surface area contributed by atoms with Crippen LogP contribution in [-0.4, -0.2) is 74.0 Å². The Bertz CT molecular complexity index is 683. The molecule has 1 amide bonds. The lowest BCUT2D eigenvalue weighted by Crippen LogP contribution is -2.45. The Morgan fingerprint density at radius 2 is 2.11 bits per heavy atom. The summed E-state index contributed by atoms with van der Waals surface area (Å²) in [6.07, 6.45) is 4.75. The predicted octanol–water partition coefficient (Wildman–Crippen LogP) is 1.72. The number of aliphatic imine (C=N–C) groups is 1. The summed E-state index contributed by atoms with van der Waals surface area (Å²) in [6.45, 7) is 4.23. The average Bonchev–Trinajstić information content (AvgIpc) is 3.43. The molecular weight excluding hydrogens is 338 g/mol. The van der Waals surface area contributed by atoms with Crippen molar-refractivity contribution in [3.8, 4) is 0 Å². The molecule has 0 spiro atoms. The van der Waals surface area contributed by atoms with Crippen LogP contribution in [0, 0.1) is 0 Å². The third-order valence-electron chi connectivity index (χ3n) is 5.49. The highest BCUT2D eigenvalue weighted by molar-refractivity contribution is 5.94. The first kappa shape index (κ1) is 19.7. The van der Waals surface area contributed by atoms with Crippen LogP contribution in [0.5, 0.6) is 0 Å². The molecule has 1 heterocycles. The van der Waals surface area contributed by atoms with Crippen molar-refractivity contribution < 1.29 is 4.79 Å². The first-order chi connectivity index (χ1) is 13.0. The van der Waals surface area contributed by atoms with Crippen LogP contribution in [-0.2, 0) is 6.42 Å². The van der Waals surface area contributed by atoms with E-state index >= 15 is 0 Å². The number of guanidine groups is 1. The molecule has 2 atom stereocenters. The maximum Gasteiger partial charge on any atom is 0.253 e. The Morgan fingerprint density at radius 3 is 2.78 bits per heavy atom. The standard InChI is InChI=1S/C21H33N5O/c1-15-12-18(14-26(15)19-8-9-19)24-21(22-2)23-11-10-16-6-5-7-17(13-16)20(27)25(3)4/h5-7,13,15,18-19H,8-12,14H2,1-4H3,(H2,22,23,24). The maximum absolute atomic E-state index is 12.1. The Hall–Kier alpha value is -2.08. The lowest BCUT2D eigenvalue weighted by atomic mass is 10.1. The minimum absolute atomic E-state index is 0.0397. The van der Waals surface area contributed by atoms with Gasteiger partial charge in [-0.1, -0.05) is 12.1 Å². The van der Waals surface area contributed by atoms with Gasteiger partial charge in [0.05, 0.1) is 0 Å². The van der Waals surface area contributed by atoms with Crippen molar-refractivity contribution in [3.63, 3.8) is 0 Å². The van der Waals surface area contributed by atoms with Gasteiger partial charge in [0.15, 0.2) is 5.96 Å². The van der Waals surface area contributed by atoms with E-state index in [2.05, 4.69) is 33.5 Å². The van der Waals surface area contributed by atoms with Crippen LogP contribution in [0.1, 0.15) is 42.1 Å². The van der Waals surface area contributed by atoms with Crippen molar-refractivity contribution in [2.45, 2.75) is 50.7 Å². The highest BCUT2D eigenvalue weighted by atomic mass is 16.2. The van der Waals surface area contributed by atoms with Crippen LogP contribution in [0.2, 0.25) is 0 Å². The van der Waals surface area contributed by atoms with E-state index in [1.807, 2.05) is 25.2 Å². The Morgan fingerprint density at radius 1 is 1.33 bits per heavy atom. The van der Waals surface area contributed by atoms with Gasteiger partial charge >= 0.3 is 0 Å². The smallest absolute Gasteiger partial charge is 0.253 e. The summed E-state index contributed by atoms with van der Waals surface area (Å²) in [7, 11) is 5.38. The lowest BCUT2D eigenvalue weighted by molar-refractivity contribution is 0.0827. The van der Waals surface area contributed by atoms with Gasteiger partial charge in [-0.25, -0.2) is 0 Å². The largest absolute Gasteiger partial charge is 0.356 e. The third kappa shape index (κ3) is 5.22. The van der Waals surface area contributed by atoms with Gasteiger partial charge in [0.25, 0.3) is 5.91 Å². The normalized spacial score (nSPS) is 23.3. The molecule has 2 N–H and O–H groups in total. The predicted molar refractivity (Wildman–Crippen MR) is 110 cm³/mol. The fourth-order valence-electron chi connectivity index (χ4n) is 3.91. The summed E-state index contributed by atoms with van der Waals surface area (Å²) in [5, 5.41) is 6.99. The van der Waals surface area contributed by atoms with Gasteiger partial charge in [-0.05, 0) is 50.3 Å². The molecule has 2 aliphatic rings. The molecule has 6 heteroatoms. The molecule has 2 fully saturated rings. The van der Waals surface area contributed by atoms with Gasteiger partial charge in [0.1, 0.15) is 0 Å². The first-order valence-corrected chi connectivity index (χ1v) is 10.0. The SMILES string of the molecule is CN=C(NCCc1cccc(C(=O)N(C)C)c1)NC1CC(C)N(C2CC2)C1. The molecule has 0 bridgehead atoms. The van der Waals surface area contributed by atoms with Gasteiger partial charge in [0.2, 0.25) is 0 Å². The zero-order chi connectivity index (χ0) is 19.4. The second-order valence-electron chi connectivity index (χ2n) is 8.00. The quantitative estimate of drug-likeness (QED) is 0.591. The monoisotopic (exact) mass is 371 g/mol. The molecule has 1 aliphatic heterocycles. The van der Waals surface area contributed by atoms with Crippen LogP contribution in [0.4, 0.5) is 0 Å². The topological polar surface area (TPSA) is 60.0 Å². The number of hydrogen-bond donors (Lipinski definition) is 2. The fourth-order valence-corrected chi connectivity index (χ4v) is 3.91. The Balaban J connectivity index is 1.46. The molecular formula is C21H33N5O. The van der Waals surface area contributed by atoms with Gasteiger partial charge in [-0.2, -0.15) is 0 Å². The molecule has 1 saturated heterocycles. The number of benzene rings is 1. The van der Waals surface area contributed by atoms with Crippen LogP contribution in [0.15, 0.2) is 29.3 Å². The summed E-state index contributed by atoms with van der Waals surface area (Å²) < 4.78 is 0.